The fraction of sp³-hybridized carbons (Fsp3) is 0.200. The van der Waals surface area contributed by atoms with Gasteiger partial charge in [-0.1, -0.05) is 42.5 Å². The van der Waals surface area contributed by atoms with E-state index in [0.29, 0.717) is 0 Å². The highest BCUT2D eigenvalue weighted by molar-refractivity contribution is 5.26. The fourth-order valence-electron chi connectivity index (χ4n) is 1.31. The van der Waals surface area contributed by atoms with Gasteiger partial charge >= 0.3 is 0 Å². The number of hydrogen-bond acceptors (Lipinski definition) is 3. The van der Waals surface area contributed by atoms with E-state index < -0.39 is 0 Å². The van der Waals surface area contributed by atoms with Crippen LogP contribution in [0, 0.1) is 0 Å². The van der Waals surface area contributed by atoms with Gasteiger partial charge in [-0.15, -0.1) is 0 Å². The minimum atomic E-state index is 0.0873. The molecule has 0 spiro atoms. The smallest absolute Gasteiger partial charge is 0.118 e. The highest BCUT2D eigenvalue weighted by atomic mass is 16.5. The molecule has 0 fully saturated rings. The average Bonchev–Trinajstić information content (AvgIpc) is 2.49. The van der Waals surface area contributed by atoms with Crippen LogP contribution in [0.2, 0.25) is 0 Å². The molecule has 3 nitrogen and oxygen atoms in total. The van der Waals surface area contributed by atoms with Crippen LogP contribution in [0.1, 0.15) is 11.1 Å². The van der Waals surface area contributed by atoms with Gasteiger partial charge in [0, 0.05) is 0 Å². The van der Waals surface area contributed by atoms with Gasteiger partial charge in [0.25, 0.3) is 0 Å². The molecular weight excluding hydrogens is 228 g/mol. The monoisotopic (exact) mass is 246 g/mol. The Morgan fingerprint density at radius 3 is 1.67 bits per heavy atom. The van der Waals surface area contributed by atoms with Crippen LogP contribution in [-0.4, -0.2) is 17.3 Å². The summed E-state index contributed by atoms with van der Waals surface area (Å²) in [5, 5.41) is 17.2. The SMILES string of the molecule is COc1ccc(CO)cc1.OCc1ccccc1. The zero-order valence-electron chi connectivity index (χ0n) is 10.4. The van der Waals surface area contributed by atoms with E-state index in [0.717, 1.165) is 16.9 Å². The highest BCUT2D eigenvalue weighted by Crippen LogP contribution is 2.10. The molecule has 0 aromatic heterocycles. The first-order valence-corrected chi connectivity index (χ1v) is 5.68. The van der Waals surface area contributed by atoms with Gasteiger partial charge in [-0.3, -0.25) is 0 Å². The lowest BCUT2D eigenvalue weighted by atomic mass is 10.2. The van der Waals surface area contributed by atoms with Gasteiger partial charge in [0.05, 0.1) is 20.3 Å². The molecule has 0 aliphatic carbocycles. The van der Waals surface area contributed by atoms with E-state index in [1.54, 1.807) is 7.11 Å². The molecule has 2 aromatic carbocycles. The molecule has 2 N–H and O–H groups in total. The first kappa shape index (κ1) is 14.2. The third kappa shape index (κ3) is 4.99. The standard InChI is InChI=1S/C8H10O2.C7H8O/c1-10-8-4-2-7(6-9)3-5-8;8-6-7-4-2-1-3-5-7/h2-5,9H,6H2,1H3;1-5,8H,6H2. The maximum absolute atomic E-state index is 8.66. The van der Waals surface area contributed by atoms with Gasteiger partial charge in [0.2, 0.25) is 0 Å². The molecule has 0 bridgehead atoms. The molecule has 0 radical (unpaired) electrons. The van der Waals surface area contributed by atoms with Crippen LogP contribution >= 0.6 is 0 Å². The molecule has 2 aromatic rings. The van der Waals surface area contributed by atoms with E-state index in [2.05, 4.69) is 0 Å². The topological polar surface area (TPSA) is 49.7 Å². The molecule has 0 aliphatic heterocycles. The van der Waals surface area contributed by atoms with Crippen LogP contribution in [0.4, 0.5) is 0 Å². The number of aliphatic hydroxyl groups is 2. The second-order valence-corrected chi connectivity index (χ2v) is 3.65. The van der Waals surface area contributed by atoms with Gasteiger partial charge in [0.1, 0.15) is 5.75 Å². The molecule has 0 saturated heterocycles. The van der Waals surface area contributed by atoms with Crippen LogP contribution in [0.15, 0.2) is 54.6 Å². The number of methoxy groups -OCH3 is 1. The van der Waals surface area contributed by atoms with E-state index in [1.807, 2.05) is 54.6 Å². The lowest BCUT2D eigenvalue weighted by molar-refractivity contribution is 0.281. The maximum atomic E-state index is 8.66. The van der Waals surface area contributed by atoms with E-state index in [-0.39, 0.29) is 13.2 Å². The van der Waals surface area contributed by atoms with Crippen molar-refractivity contribution in [2.45, 2.75) is 13.2 Å². The quantitative estimate of drug-likeness (QED) is 0.874. The largest absolute Gasteiger partial charge is 0.497 e. The van der Waals surface area contributed by atoms with Crippen molar-refractivity contribution in [3.8, 4) is 5.75 Å². The van der Waals surface area contributed by atoms with Gasteiger partial charge in [-0.25, -0.2) is 0 Å². The molecule has 0 saturated carbocycles. The van der Waals surface area contributed by atoms with Crippen LogP contribution in [-0.2, 0) is 13.2 Å². The Kier molecular flexibility index (Phi) is 6.54. The summed E-state index contributed by atoms with van der Waals surface area (Å²) in [6, 6.07) is 16.8. The van der Waals surface area contributed by atoms with Crippen molar-refractivity contribution >= 4 is 0 Å². The van der Waals surface area contributed by atoms with Crippen molar-refractivity contribution in [1.82, 2.24) is 0 Å². The van der Waals surface area contributed by atoms with Gasteiger partial charge < -0.3 is 14.9 Å². The Bertz CT molecular complexity index is 400. The van der Waals surface area contributed by atoms with Crippen molar-refractivity contribution in [2.75, 3.05) is 7.11 Å². The number of ether oxygens (including phenoxy) is 1. The minimum Gasteiger partial charge on any atom is -0.497 e. The fourth-order valence-corrected chi connectivity index (χ4v) is 1.31. The Labute approximate surface area is 107 Å². The molecule has 96 valence electrons. The lowest BCUT2D eigenvalue weighted by Crippen LogP contribution is -1.84. The van der Waals surface area contributed by atoms with Crippen LogP contribution in [0.25, 0.3) is 0 Å². The van der Waals surface area contributed by atoms with Crippen LogP contribution < -0.4 is 4.74 Å². The van der Waals surface area contributed by atoms with Crippen molar-refractivity contribution in [3.05, 3.63) is 65.7 Å². The summed E-state index contributed by atoms with van der Waals surface area (Å²) in [4.78, 5) is 0. The molecular formula is C15H18O3. The molecule has 0 atom stereocenters. The van der Waals surface area contributed by atoms with Gasteiger partial charge in [-0.2, -0.15) is 0 Å². The third-order valence-corrected chi connectivity index (χ3v) is 2.37. The number of aliphatic hydroxyl groups excluding tert-OH is 2. The van der Waals surface area contributed by atoms with Crippen molar-refractivity contribution in [2.24, 2.45) is 0 Å². The average molecular weight is 246 g/mol. The Balaban J connectivity index is 0.000000184. The van der Waals surface area contributed by atoms with Crippen molar-refractivity contribution < 1.29 is 14.9 Å². The van der Waals surface area contributed by atoms with Crippen molar-refractivity contribution in [1.29, 1.82) is 0 Å². The summed E-state index contributed by atoms with van der Waals surface area (Å²) < 4.78 is 4.93. The first-order valence-electron chi connectivity index (χ1n) is 5.68. The Morgan fingerprint density at radius 2 is 1.28 bits per heavy atom. The summed E-state index contributed by atoms with van der Waals surface area (Å²) in [7, 11) is 1.62. The zero-order valence-corrected chi connectivity index (χ0v) is 10.4. The first-order chi connectivity index (χ1) is 8.80. The Morgan fingerprint density at radius 1 is 0.778 bits per heavy atom. The number of rotatable bonds is 3. The molecule has 3 heteroatoms. The summed E-state index contributed by atoms with van der Waals surface area (Å²) in [5.74, 6) is 0.817. The summed E-state index contributed by atoms with van der Waals surface area (Å²) in [6.07, 6.45) is 0. The molecule has 2 rings (SSSR count). The molecule has 0 aliphatic rings. The number of benzene rings is 2. The molecule has 0 amide bonds. The highest BCUT2D eigenvalue weighted by Gasteiger charge is 1.89. The summed E-state index contributed by atoms with van der Waals surface area (Å²) in [6.45, 7) is 0.227. The Hall–Kier alpha value is -1.84. The zero-order chi connectivity index (χ0) is 13.2. The third-order valence-electron chi connectivity index (χ3n) is 2.37. The second kappa shape index (κ2) is 8.28. The van der Waals surface area contributed by atoms with Crippen LogP contribution in [0.3, 0.4) is 0 Å². The predicted octanol–water partition coefficient (Wildman–Crippen LogP) is 2.37. The molecule has 0 heterocycles. The normalized spacial score (nSPS) is 9.28. The van der Waals surface area contributed by atoms with Crippen LogP contribution in [0.5, 0.6) is 5.75 Å². The van der Waals surface area contributed by atoms with Gasteiger partial charge in [-0.05, 0) is 23.3 Å². The van der Waals surface area contributed by atoms with Crippen molar-refractivity contribution in [3.63, 3.8) is 0 Å². The second-order valence-electron chi connectivity index (χ2n) is 3.65. The van der Waals surface area contributed by atoms with Gasteiger partial charge in [0.15, 0.2) is 0 Å². The summed E-state index contributed by atoms with van der Waals surface area (Å²) >= 11 is 0. The van der Waals surface area contributed by atoms with E-state index in [9.17, 15) is 0 Å². The maximum Gasteiger partial charge on any atom is 0.118 e. The minimum absolute atomic E-state index is 0.0873. The summed E-state index contributed by atoms with van der Waals surface area (Å²) in [5.41, 5.74) is 1.87. The lowest BCUT2D eigenvalue weighted by Gasteiger charge is -1.98. The predicted molar refractivity (Wildman–Crippen MR) is 71.3 cm³/mol. The van der Waals surface area contributed by atoms with E-state index in [1.165, 1.54) is 0 Å². The molecule has 0 unspecified atom stereocenters. The van der Waals surface area contributed by atoms with E-state index >= 15 is 0 Å². The molecule has 18 heavy (non-hydrogen) atoms. The number of hydrogen-bond donors (Lipinski definition) is 2. The van der Waals surface area contributed by atoms with E-state index in [4.69, 9.17) is 14.9 Å².